The Balaban J connectivity index is 2.79. The van der Waals surface area contributed by atoms with Gasteiger partial charge in [-0.05, 0) is 6.07 Å². The molecule has 0 aromatic carbocycles. The van der Waals surface area contributed by atoms with Crippen LogP contribution in [0.1, 0.15) is 22.3 Å². The molecule has 0 aliphatic rings. The second-order valence-electron chi connectivity index (χ2n) is 2.37. The average molecular weight is 238 g/mol. The van der Waals surface area contributed by atoms with Crippen molar-refractivity contribution in [1.82, 2.24) is 4.98 Å². The van der Waals surface area contributed by atoms with E-state index in [9.17, 15) is 4.79 Å². The quantitative estimate of drug-likeness (QED) is 0.448. The molecule has 1 rings (SSSR count). The third-order valence-electron chi connectivity index (χ3n) is 1.35. The molecule has 0 amide bonds. The molecule has 0 fully saturated rings. The van der Waals surface area contributed by atoms with Gasteiger partial charge in [-0.25, -0.2) is 0 Å². The van der Waals surface area contributed by atoms with Gasteiger partial charge in [-0.3, -0.25) is 9.78 Å². The summed E-state index contributed by atoms with van der Waals surface area (Å²) in [4.78, 5) is 14.3. The summed E-state index contributed by atoms with van der Waals surface area (Å²) in [5.41, 5.74) is 1.34. The van der Waals surface area contributed by atoms with Crippen LogP contribution in [0.25, 0.3) is 0 Å². The minimum absolute atomic E-state index is 0.561. The number of aldehydes is 1. The Bertz CT molecular complexity index is 351. The Morgan fingerprint density at radius 1 is 1.54 bits per heavy atom. The smallest absolute Gasteiger partial charge is 0.151 e. The molecule has 1 heterocycles. The van der Waals surface area contributed by atoms with Crippen LogP contribution in [0.5, 0.6) is 0 Å². The van der Waals surface area contributed by atoms with Gasteiger partial charge < -0.3 is 0 Å². The van der Waals surface area contributed by atoms with Gasteiger partial charge in [-0.1, -0.05) is 27.8 Å². The minimum Gasteiger partial charge on any atom is -0.298 e. The first kappa shape index (κ1) is 9.94. The van der Waals surface area contributed by atoms with Crippen molar-refractivity contribution >= 4 is 22.2 Å². The maximum atomic E-state index is 10.4. The third-order valence-corrected chi connectivity index (χ3v) is 1.74. The fourth-order valence-electron chi connectivity index (χ4n) is 0.802. The number of nitrogens with zero attached hydrogens (tertiary/aromatic N) is 1. The van der Waals surface area contributed by atoms with E-state index in [0.717, 1.165) is 23.6 Å². The molecule has 0 aliphatic heterocycles. The van der Waals surface area contributed by atoms with Crippen LogP contribution in [-0.4, -0.2) is 16.6 Å². The topological polar surface area (TPSA) is 30.0 Å². The number of halogens is 1. The second-order valence-corrected chi connectivity index (χ2v) is 3.16. The normalized spacial score (nSPS) is 8.69. The van der Waals surface area contributed by atoms with Crippen LogP contribution < -0.4 is 0 Å². The summed E-state index contributed by atoms with van der Waals surface area (Å²) in [5.74, 6) is 5.87. The average Bonchev–Trinajstić information content (AvgIpc) is 2.19. The number of rotatable bonds is 2. The lowest BCUT2D eigenvalue weighted by Gasteiger charge is -1.90. The molecule has 1 aromatic heterocycles. The number of aromatic nitrogens is 1. The van der Waals surface area contributed by atoms with Crippen LogP contribution in [0.15, 0.2) is 18.5 Å². The molecule has 0 saturated carbocycles. The van der Waals surface area contributed by atoms with Crippen molar-refractivity contribution in [2.45, 2.75) is 6.42 Å². The summed E-state index contributed by atoms with van der Waals surface area (Å²) >= 11 is 3.28. The fraction of sp³-hybridized carbons (Fsp3) is 0.200. The lowest BCUT2D eigenvalue weighted by molar-refractivity contribution is 0.112. The summed E-state index contributed by atoms with van der Waals surface area (Å²) in [6.07, 6.45) is 4.73. The zero-order valence-corrected chi connectivity index (χ0v) is 8.54. The largest absolute Gasteiger partial charge is 0.298 e. The highest BCUT2D eigenvalue weighted by molar-refractivity contribution is 9.09. The van der Waals surface area contributed by atoms with Crippen molar-refractivity contribution in [2.75, 3.05) is 5.33 Å². The third kappa shape index (κ3) is 3.39. The highest BCUT2D eigenvalue weighted by Gasteiger charge is 1.90. The van der Waals surface area contributed by atoms with E-state index in [4.69, 9.17) is 0 Å². The SMILES string of the molecule is O=Cc1cncc(C#CCCBr)c1. The molecule has 0 spiro atoms. The number of alkyl halides is 1. The molecule has 66 valence electrons. The Morgan fingerprint density at radius 3 is 3.08 bits per heavy atom. The highest BCUT2D eigenvalue weighted by Crippen LogP contribution is 1.98. The minimum atomic E-state index is 0.561. The van der Waals surface area contributed by atoms with Gasteiger partial charge in [0.05, 0.1) is 0 Å². The number of hydrogen-bond donors (Lipinski definition) is 0. The van der Waals surface area contributed by atoms with Gasteiger partial charge in [0.1, 0.15) is 0 Å². The van der Waals surface area contributed by atoms with Gasteiger partial charge in [-0.15, -0.1) is 0 Å². The molecule has 13 heavy (non-hydrogen) atoms. The molecule has 0 aliphatic carbocycles. The van der Waals surface area contributed by atoms with Crippen LogP contribution in [0, 0.1) is 11.8 Å². The lowest BCUT2D eigenvalue weighted by atomic mass is 10.2. The number of pyridine rings is 1. The van der Waals surface area contributed by atoms with E-state index in [1.807, 2.05) is 0 Å². The van der Waals surface area contributed by atoms with Gasteiger partial charge in [-0.2, -0.15) is 0 Å². The maximum Gasteiger partial charge on any atom is 0.151 e. The first-order valence-electron chi connectivity index (χ1n) is 3.82. The molecule has 0 saturated heterocycles. The molecule has 0 atom stereocenters. The molecular weight excluding hydrogens is 230 g/mol. The first-order chi connectivity index (χ1) is 6.36. The molecule has 1 aromatic rings. The van der Waals surface area contributed by atoms with Crippen molar-refractivity contribution < 1.29 is 4.79 Å². The summed E-state index contributed by atoms with van der Waals surface area (Å²) in [6, 6.07) is 1.72. The Kier molecular flexibility index (Phi) is 4.20. The second kappa shape index (κ2) is 5.50. The van der Waals surface area contributed by atoms with Crippen LogP contribution in [0.3, 0.4) is 0 Å². The number of hydrogen-bond acceptors (Lipinski definition) is 2. The molecule has 0 unspecified atom stereocenters. The van der Waals surface area contributed by atoms with Gasteiger partial charge in [0.25, 0.3) is 0 Å². The van der Waals surface area contributed by atoms with E-state index in [-0.39, 0.29) is 0 Å². The van der Waals surface area contributed by atoms with Crippen molar-refractivity contribution in [1.29, 1.82) is 0 Å². The zero-order chi connectivity index (χ0) is 9.52. The molecule has 2 nitrogen and oxygen atoms in total. The maximum absolute atomic E-state index is 10.4. The lowest BCUT2D eigenvalue weighted by Crippen LogP contribution is -1.84. The van der Waals surface area contributed by atoms with Crippen molar-refractivity contribution in [3.63, 3.8) is 0 Å². The monoisotopic (exact) mass is 237 g/mol. The number of carbonyl (C=O) groups is 1. The van der Waals surface area contributed by atoms with Gasteiger partial charge in [0, 0.05) is 35.3 Å². The van der Waals surface area contributed by atoms with E-state index in [0.29, 0.717) is 5.56 Å². The van der Waals surface area contributed by atoms with Gasteiger partial charge in [0.15, 0.2) is 6.29 Å². The first-order valence-corrected chi connectivity index (χ1v) is 4.94. The van der Waals surface area contributed by atoms with Crippen molar-refractivity contribution in [2.24, 2.45) is 0 Å². The summed E-state index contributed by atoms with van der Waals surface area (Å²) in [5, 5.41) is 0.862. The Labute approximate surface area is 85.5 Å². The summed E-state index contributed by atoms with van der Waals surface area (Å²) < 4.78 is 0. The highest BCUT2D eigenvalue weighted by atomic mass is 79.9. The van der Waals surface area contributed by atoms with Gasteiger partial charge in [0.2, 0.25) is 0 Å². The van der Waals surface area contributed by atoms with Crippen LogP contribution in [0.4, 0.5) is 0 Å². The fourth-order valence-corrected chi connectivity index (χ4v) is 1.00. The zero-order valence-electron chi connectivity index (χ0n) is 6.96. The van der Waals surface area contributed by atoms with E-state index in [1.54, 1.807) is 12.3 Å². The molecule has 0 bridgehead atoms. The Hall–Kier alpha value is -1.14. The predicted molar refractivity (Wildman–Crippen MR) is 54.9 cm³/mol. The number of carbonyl (C=O) groups excluding carboxylic acids is 1. The van der Waals surface area contributed by atoms with Crippen molar-refractivity contribution in [3.8, 4) is 11.8 Å². The molecular formula is C10H8BrNO. The van der Waals surface area contributed by atoms with E-state index in [1.165, 1.54) is 6.20 Å². The van der Waals surface area contributed by atoms with Crippen LogP contribution in [-0.2, 0) is 0 Å². The van der Waals surface area contributed by atoms with Crippen molar-refractivity contribution in [3.05, 3.63) is 29.6 Å². The van der Waals surface area contributed by atoms with E-state index < -0.39 is 0 Å². The summed E-state index contributed by atoms with van der Waals surface area (Å²) in [7, 11) is 0. The van der Waals surface area contributed by atoms with E-state index >= 15 is 0 Å². The summed E-state index contributed by atoms with van der Waals surface area (Å²) in [6.45, 7) is 0. The van der Waals surface area contributed by atoms with E-state index in [2.05, 4.69) is 32.8 Å². The standard InChI is InChI=1S/C10H8BrNO/c11-4-2-1-3-9-5-10(8-13)7-12-6-9/h5-8H,2,4H2. The Morgan fingerprint density at radius 2 is 2.38 bits per heavy atom. The predicted octanol–water partition coefficient (Wildman–Crippen LogP) is 2.03. The van der Waals surface area contributed by atoms with Crippen LogP contribution in [0.2, 0.25) is 0 Å². The van der Waals surface area contributed by atoms with Crippen LogP contribution >= 0.6 is 15.9 Å². The van der Waals surface area contributed by atoms with Gasteiger partial charge >= 0.3 is 0 Å². The molecule has 0 radical (unpaired) electrons. The molecule has 3 heteroatoms. The molecule has 0 N–H and O–H groups in total.